The summed E-state index contributed by atoms with van der Waals surface area (Å²) in [5, 5.41) is 48.2. The third-order valence-electron chi connectivity index (χ3n) is 11.9. The summed E-state index contributed by atoms with van der Waals surface area (Å²) < 4.78 is 15.7. The van der Waals surface area contributed by atoms with Crippen LogP contribution < -0.4 is 14.2 Å². The van der Waals surface area contributed by atoms with Crippen LogP contribution in [-0.4, -0.2) is 53.5 Å². The molecule has 0 aliphatic rings. The van der Waals surface area contributed by atoms with E-state index in [1.165, 1.54) is 44.5 Å². The fourth-order valence-electron chi connectivity index (χ4n) is 7.80. The molecule has 0 spiro atoms. The molecule has 0 heterocycles. The van der Waals surface area contributed by atoms with Crippen molar-refractivity contribution in [1.29, 1.82) is 0 Å². The van der Waals surface area contributed by atoms with E-state index in [0.29, 0.717) is 23.0 Å². The molecule has 8 heteroatoms. The van der Waals surface area contributed by atoms with Gasteiger partial charge in [-0.3, -0.25) is 0 Å². The highest BCUT2D eigenvalue weighted by Crippen LogP contribution is 2.40. The number of ether oxygens (including phenoxy) is 3. The van der Waals surface area contributed by atoms with Gasteiger partial charge >= 0.3 is 0 Å². The van der Waals surface area contributed by atoms with Crippen molar-refractivity contribution < 1.29 is 39.7 Å². The quantitative estimate of drug-likeness (QED) is 0.101. The topological polar surface area (TPSA) is 129 Å². The second kappa shape index (κ2) is 23.7. The Hall–Kier alpha value is -4.56. The highest BCUT2D eigenvalue weighted by atomic mass is 16.5. The van der Waals surface area contributed by atoms with Crippen molar-refractivity contribution in [3.05, 3.63) is 95.1 Å². The summed E-state index contributed by atoms with van der Waals surface area (Å²) in [5.41, 5.74) is 17.9. The zero-order valence-electron chi connectivity index (χ0n) is 39.2. The van der Waals surface area contributed by atoms with Crippen LogP contribution in [0, 0.1) is 83.1 Å². The smallest absolute Gasteiger partial charge is 0.163 e. The van der Waals surface area contributed by atoms with Gasteiger partial charge in [0, 0.05) is 6.61 Å². The Bertz CT molecular complexity index is 1960. The van der Waals surface area contributed by atoms with E-state index in [0.717, 1.165) is 89.5 Å². The van der Waals surface area contributed by atoms with E-state index in [9.17, 15) is 20.4 Å². The van der Waals surface area contributed by atoms with Crippen molar-refractivity contribution in [3.63, 3.8) is 0 Å². The Labute approximate surface area is 350 Å². The number of methoxy groups -OCH3 is 3. The summed E-state index contributed by atoms with van der Waals surface area (Å²) in [6, 6.07) is 1.87. The Morgan fingerprint density at radius 1 is 0.414 bits per heavy atom. The molecule has 4 aromatic carbocycles. The number of aromatic hydroxyl groups is 4. The van der Waals surface area contributed by atoms with Crippen molar-refractivity contribution in [1.82, 2.24) is 0 Å². The standard InChI is InChI=1S/C13H20O3.C13H20O2.C12H18O2.C12H18O/c1-8-9(2)12(15)13(16-4)10(3)11(8)6-5-7-14;1-6-7-11-8(2)9(3)12(14)13(15-5)10(11)4;1-6-10-7(2)8(3)11(13)12(14-5)9(10)4;1-5-6-11-8(2)7-12(13)10(4)9(11)3/h14-15H,5-7H2,1-4H3;14H,6-7H2,1-5H3;13H,6H2,1-5H3;7,13H,5-6H2,1-4H3. The van der Waals surface area contributed by atoms with Crippen molar-refractivity contribution in [2.45, 2.75) is 149 Å². The molecule has 0 atom stereocenters. The Morgan fingerprint density at radius 3 is 1.09 bits per heavy atom. The van der Waals surface area contributed by atoms with E-state index in [1.54, 1.807) is 21.3 Å². The van der Waals surface area contributed by atoms with Gasteiger partial charge in [0.05, 0.1) is 21.3 Å². The van der Waals surface area contributed by atoms with Crippen LogP contribution in [0.2, 0.25) is 0 Å². The number of phenolic OH excluding ortho intramolecular Hbond substituents is 4. The zero-order chi connectivity index (χ0) is 44.8. The lowest BCUT2D eigenvalue weighted by molar-refractivity contribution is 0.288. The van der Waals surface area contributed by atoms with Crippen molar-refractivity contribution in [2.24, 2.45) is 0 Å². The van der Waals surface area contributed by atoms with Gasteiger partial charge in [-0.05, 0) is 210 Å². The molecule has 0 aliphatic carbocycles. The van der Waals surface area contributed by atoms with Crippen molar-refractivity contribution in [3.8, 4) is 40.2 Å². The number of hydrogen-bond acceptors (Lipinski definition) is 8. The fraction of sp³-hybridized carbons (Fsp3) is 0.520. The number of hydrogen-bond donors (Lipinski definition) is 5. The van der Waals surface area contributed by atoms with Crippen LogP contribution in [0.3, 0.4) is 0 Å². The number of aliphatic hydroxyl groups is 1. The van der Waals surface area contributed by atoms with Crippen LogP contribution in [0.15, 0.2) is 6.07 Å². The molecular weight excluding hydrogens is 729 g/mol. The molecule has 0 aromatic heterocycles. The molecule has 5 N–H and O–H groups in total. The van der Waals surface area contributed by atoms with Gasteiger partial charge in [0.15, 0.2) is 34.5 Å². The summed E-state index contributed by atoms with van der Waals surface area (Å²) in [6.45, 7) is 30.6. The molecule has 58 heavy (non-hydrogen) atoms. The minimum atomic E-state index is 0.182. The predicted octanol–water partition coefficient (Wildman–Crippen LogP) is 11.7. The predicted molar refractivity (Wildman–Crippen MR) is 242 cm³/mol. The maximum atomic E-state index is 9.93. The van der Waals surface area contributed by atoms with E-state index in [1.807, 2.05) is 68.4 Å². The van der Waals surface area contributed by atoms with Gasteiger partial charge in [0.25, 0.3) is 0 Å². The average molecular weight is 805 g/mol. The number of rotatable bonds is 11. The van der Waals surface area contributed by atoms with Gasteiger partial charge in [-0.25, -0.2) is 0 Å². The second-order valence-corrected chi connectivity index (χ2v) is 15.3. The third kappa shape index (κ3) is 11.8. The van der Waals surface area contributed by atoms with Crippen LogP contribution in [0.4, 0.5) is 0 Å². The van der Waals surface area contributed by atoms with Crippen LogP contribution in [0.5, 0.6) is 40.2 Å². The van der Waals surface area contributed by atoms with Gasteiger partial charge in [-0.2, -0.15) is 0 Å². The molecule has 0 saturated carbocycles. The highest BCUT2D eigenvalue weighted by Gasteiger charge is 2.19. The first kappa shape index (κ1) is 51.5. The maximum absolute atomic E-state index is 9.93. The Morgan fingerprint density at radius 2 is 0.741 bits per heavy atom. The number of aryl methyl sites for hydroxylation is 1. The van der Waals surface area contributed by atoms with Crippen LogP contribution in [0.1, 0.15) is 129 Å². The van der Waals surface area contributed by atoms with Gasteiger partial charge in [0.1, 0.15) is 5.75 Å². The molecule has 0 unspecified atom stereocenters. The number of aliphatic hydroxyl groups excluding tert-OH is 1. The molecular formula is C50H76O8. The van der Waals surface area contributed by atoms with Gasteiger partial charge in [-0.15, -0.1) is 0 Å². The minimum absolute atomic E-state index is 0.182. The summed E-state index contributed by atoms with van der Waals surface area (Å²) in [5.74, 6) is 3.01. The van der Waals surface area contributed by atoms with E-state index in [-0.39, 0.29) is 23.9 Å². The summed E-state index contributed by atoms with van der Waals surface area (Å²) in [4.78, 5) is 0. The van der Waals surface area contributed by atoms with E-state index >= 15 is 0 Å². The van der Waals surface area contributed by atoms with Crippen molar-refractivity contribution in [2.75, 3.05) is 27.9 Å². The molecule has 4 rings (SSSR count). The zero-order valence-corrected chi connectivity index (χ0v) is 39.2. The molecule has 0 aliphatic heterocycles. The number of phenols is 4. The first-order valence-corrected chi connectivity index (χ1v) is 20.7. The van der Waals surface area contributed by atoms with Gasteiger partial charge in [0.2, 0.25) is 0 Å². The SMILES string of the molecule is CCCc1c(C)c(C)c(O)c(OC)c1C.CCCc1c(C)cc(O)c(C)c1C.CCc1c(C)c(C)c(O)c(OC)c1C.COc1c(C)c(CCCO)c(C)c(C)c1O. The molecule has 0 bridgehead atoms. The Balaban J connectivity index is 0.000000388. The summed E-state index contributed by atoms with van der Waals surface area (Å²) >= 11 is 0. The molecule has 0 amide bonds. The van der Waals surface area contributed by atoms with Crippen LogP contribution in [-0.2, 0) is 25.7 Å². The molecule has 324 valence electrons. The first-order valence-electron chi connectivity index (χ1n) is 20.7. The van der Waals surface area contributed by atoms with Crippen LogP contribution in [0.25, 0.3) is 0 Å². The molecule has 4 aromatic rings. The lowest BCUT2D eigenvalue weighted by Gasteiger charge is -2.18. The van der Waals surface area contributed by atoms with E-state index < -0.39 is 0 Å². The highest BCUT2D eigenvalue weighted by molar-refractivity contribution is 5.60. The second-order valence-electron chi connectivity index (χ2n) is 15.3. The molecule has 0 fully saturated rings. The normalized spacial score (nSPS) is 10.5. The Kier molecular flexibility index (Phi) is 21.1. The summed E-state index contributed by atoms with van der Waals surface area (Å²) in [7, 11) is 4.76. The van der Waals surface area contributed by atoms with Gasteiger partial charge < -0.3 is 39.7 Å². The lowest BCUT2D eigenvalue weighted by Crippen LogP contribution is -2.02. The van der Waals surface area contributed by atoms with Crippen molar-refractivity contribution >= 4 is 0 Å². The third-order valence-corrected chi connectivity index (χ3v) is 11.9. The lowest BCUT2D eigenvalue weighted by atomic mass is 9.93. The average Bonchev–Trinajstić information content (AvgIpc) is 3.19. The van der Waals surface area contributed by atoms with Crippen LogP contribution >= 0.6 is 0 Å². The monoisotopic (exact) mass is 805 g/mol. The maximum Gasteiger partial charge on any atom is 0.163 e. The number of benzene rings is 4. The first-order chi connectivity index (χ1) is 27.2. The largest absolute Gasteiger partial charge is 0.508 e. The summed E-state index contributed by atoms with van der Waals surface area (Å²) in [6.07, 6.45) is 6.92. The van der Waals surface area contributed by atoms with E-state index in [4.69, 9.17) is 19.3 Å². The molecule has 0 saturated heterocycles. The van der Waals surface area contributed by atoms with E-state index in [2.05, 4.69) is 41.5 Å². The fourth-order valence-corrected chi connectivity index (χ4v) is 7.80. The molecule has 0 radical (unpaired) electrons. The van der Waals surface area contributed by atoms with Gasteiger partial charge in [-0.1, -0.05) is 33.6 Å². The minimum Gasteiger partial charge on any atom is -0.508 e. The molecule has 8 nitrogen and oxygen atoms in total.